The molecule has 5 nitrogen and oxygen atoms in total. The predicted octanol–water partition coefficient (Wildman–Crippen LogP) is 1.81. The molecular weight excluding hydrogens is 227 g/mol. The Morgan fingerprint density at radius 1 is 1.31 bits per heavy atom. The quantitative estimate of drug-likeness (QED) is 0.359. The normalized spacial score (nSPS) is 11.9. The van der Waals surface area contributed by atoms with Crippen LogP contribution in [0.5, 0.6) is 0 Å². The molecule has 0 bridgehead atoms. The van der Waals surface area contributed by atoms with Crippen molar-refractivity contribution in [3.63, 3.8) is 0 Å². The monoisotopic (exact) mass is 242 g/mol. The summed E-state index contributed by atoms with van der Waals surface area (Å²) in [7, 11) is -4.23. The fourth-order valence-electron chi connectivity index (χ4n) is 1.12. The second-order valence-electron chi connectivity index (χ2n) is 3.25. The van der Waals surface area contributed by atoms with Crippen molar-refractivity contribution in [1.29, 1.82) is 0 Å². The summed E-state index contributed by atoms with van der Waals surface area (Å²) in [5.74, 6) is 0. The summed E-state index contributed by atoms with van der Waals surface area (Å²) in [5, 5.41) is 1.90. The van der Waals surface area contributed by atoms with Gasteiger partial charge in [0.15, 0.2) is 0 Å². The first-order valence-electron chi connectivity index (χ1n) is 4.80. The van der Waals surface area contributed by atoms with Gasteiger partial charge in [-0.15, -0.1) is 5.20 Å². The maximum Gasteiger partial charge on any atom is 0.417 e. The van der Waals surface area contributed by atoms with Gasteiger partial charge in [-0.3, -0.25) is 0 Å². The maximum atomic E-state index is 10.5. The van der Waals surface area contributed by atoms with Crippen LogP contribution in [0.15, 0.2) is 36.4 Å². The van der Waals surface area contributed by atoms with E-state index in [1.54, 1.807) is 12.1 Å². The molecule has 0 aliphatic carbocycles. The van der Waals surface area contributed by atoms with Crippen LogP contribution in [0.25, 0.3) is 0 Å². The first kappa shape index (κ1) is 12.9. The first-order valence-corrected chi connectivity index (χ1v) is 6.41. The highest BCUT2D eigenvalue weighted by Crippen LogP contribution is 2.27. The van der Waals surface area contributed by atoms with E-state index >= 15 is 0 Å². The summed E-state index contributed by atoms with van der Waals surface area (Å²) in [6, 6.07) is 7.29. The van der Waals surface area contributed by atoms with E-state index in [0.717, 1.165) is 12.0 Å². The van der Waals surface area contributed by atoms with Gasteiger partial charge in [0.2, 0.25) is 0 Å². The van der Waals surface area contributed by atoms with Gasteiger partial charge in [0.05, 0.1) is 0 Å². The molecule has 0 saturated carbocycles. The average molecular weight is 242 g/mol. The van der Waals surface area contributed by atoms with Crippen LogP contribution in [0.2, 0.25) is 0 Å². The zero-order valence-electron chi connectivity index (χ0n) is 8.92. The Hall–Kier alpha value is -1.13. The number of nitrogens with one attached hydrogen (secondary N) is 2. The van der Waals surface area contributed by atoms with Gasteiger partial charge in [0.25, 0.3) is 0 Å². The summed E-state index contributed by atoms with van der Waals surface area (Å²) in [6.07, 6.45) is 4.86. The molecule has 1 aromatic rings. The first-order chi connectivity index (χ1) is 7.51. The third-order valence-corrected chi connectivity index (χ3v) is 2.29. The van der Waals surface area contributed by atoms with Crippen molar-refractivity contribution in [1.82, 2.24) is 5.20 Å². The fourth-order valence-corrected chi connectivity index (χ4v) is 1.39. The molecular formula is C10H15N2O3P. The van der Waals surface area contributed by atoms with Crippen molar-refractivity contribution in [2.45, 2.75) is 13.3 Å². The molecule has 88 valence electrons. The molecule has 0 aliphatic heterocycles. The Morgan fingerprint density at radius 3 is 2.44 bits per heavy atom. The topological polar surface area (TPSA) is 81.6 Å². The van der Waals surface area contributed by atoms with E-state index in [0.29, 0.717) is 5.69 Å². The van der Waals surface area contributed by atoms with Gasteiger partial charge in [-0.25, -0.2) is 4.57 Å². The SMILES string of the molecule is CC=CCc1ccc(NNP(=O)(O)O)cc1. The summed E-state index contributed by atoms with van der Waals surface area (Å²) < 4.78 is 10.5. The molecule has 4 N–H and O–H groups in total. The minimum absolute atomic E-state index is 0.604. The largest absolute Gasteiger partial charge is 0.417 e. The van der Waals surface area contributed by atoms with Crippen molar-refractivity contribution in [2.75, 3.05) is 5.43 Å². The molecule has 0 atom stereocenters. The van der Waals surface area contributed by atoms with Gasteiger partial charge in [-0.2, -0.15) is 0 Å². The van der Waals surface area contributed by atoms with Crippen LogP contribution in [0.3, 0.4) is 0 Å². The highest BCUT2D eigenvalue weighted by molar-refractivity contribution is 7.49. The Balaban J connectivity index is 2.54. The van der Waals surface area contributed by atoms with Crippen LogP contribution in [0.4, 0.5) is 5.69 Å². The predicted molar refractivity (Wildman–Crippen MR) is 63.8 cm³/mol. The van der Waals surface area contributed by atoms with Crippen molar-refractivity contribution in [3.8, 4) is 0 Å². The van der Waals surface area contributed by atoms with Crippen molar-refractivity contribution in [3.05, 3.63) is 42.0 Å². The van der Waals surface area contributed by atoms with Crippen LogP contribution in [-0.2, 0) is 11.0 Å². The van der Waals surface area contributed by atoms with Crippen molar-refractivity contribution in [2.24, 2.45) is 0 Å². The third kappa shape index (κ3) is 5.09. The lowest BCUT2D eigenvalue weighted by atomic mass is 10.1. The van der Waals surface area contributed by atoms with E-state index in [1.807, 2.05) is 36.4 Å². The van der Waals surface area contributed by atoms with Crippen LogP contribution in [-0.4, -0.2) is 9.79 Å². The molecule has 1 aromatic carbocycles. The number of benzene rings is 1. The maximum absolute atomic E-state index is 10.5. The number of anilines is 1. The van der Waals surface area contributed by atoms with E-state index < -0.39 is 7.75 Å². The minimum Gasteiger partial charge on any atom is -0.312 e. The van der Waals surface area contributed by atoms with Crippen molar-refractivity contribution < 1.29 is 14.4 Å². The zero-order chi connectivity index (χ0) is 12.0. The van der Waals surface area contributed by atoms with Crippen LogP contribution in [0, 0.1) is 0 Å². The molecule has 0 amide bonds. The molecule has 6 heteroatoms. The second kappa shape index (κ2) is 5.82. The number of rotatable bonds is 5. The van der Waals surface area contributed by atoms with Crippen LogP contribution < -0.4 is 10.6 Å². The summed E-state index contributed by atoms with van der Waals surface area (Å²) in [6.45, 7) is 1.96. The van der Waals surface area contributed by atoms with Gasteiger partial charge >= 0.3 is 7.75 Å². The Kier molecular flexibility index (Phi) is 4.71. The number of hydrogen-bond donors (Lipinski definition) is 4. The van der Waals surface area contributed by atoms with E-state index in [-0.39, 0.29) is 0 Å². The van der Waals surface area contributed by atoms with E-state index in [1.165, 1.54) is 0 Å². The highest BCUT2D eigenvalue weighted by atomic mass is 31.2. The third-order valence-electron chi connectivity index (χ3n) is 1.89. The molecule has 0 spiro atoms. The fraction of sp³-hybridized carbons (Fsp3) is 0.200. The zero-order valence-corrected chi connectivity index (χ0v) is 9.82. The lowest BCUT2D eigenvalue weighted by Crippen LogP contribution is -2.17. The molecule has 16 heavy (non-hydrogen) atoms. The summed E-state index contributed by atoms with van der Waals surface area (Å²) in [5.41, 5.74) is 4.18. The standard InChI is InChI=1S/C10H15N2O3P/c1-2-3-4-9-5-7-10(8-6-9)11-12-16(13,14)15/h2-3,5-8,11H,4H2,1H3,(H3,12,13,14,15). The molecule has 0 saturated heterocycles. The van der Waals surface area contributed by atoms with E-state index in [4.69, 9.17) is 9.79 Å². The second-order valence-corrected chi connectivity index (χ2v) is 4.56. The summed E-state index contributed by atoms with van der Waals surface area (Å²) >= 11 is 0. The van der Waals surface area contributed by atoms with Crippen molar-refractivity contribution >= 4 is 13.4 Å². The lowest BCUT2D eigenvalue weighted by molar-refractivity contribution is 0.362. The minimum atomic E-state index is -4.23. The Bertz CT molecular complexity index is 397. The molecule has 0 heterocycles. The molecule has 0 aliphatic rings. The average Bonchev–Trinajstić information content (AvgIpc) is 2.24. The molecule has 0 radical (unpaired) electrons. The number of hydrogen-bond acceptors (Lipinski definition) is 2. The lowest BCUT2D eigenvalue weighted by Gasteiger charge is -2.09. The molecule has 0 fully saturated rings. The number of hydrazine groups is 1. The smallest absolute Gasteiger partial charge is 0.312 e. The van der Waals surface area contributed by atoms with E-state index in [9.17, 15) is 4.57 Å². The van der Waals surface area contributed by atoms with E-state index in [2.05, 4.69) is 5.43 Å². The molecule has 0 aromatic heterocycles. The highest BCUT2D eigenvalue weighted by Gasteiger charge is 2.10. The van der Waals surface area contributed by atoms with Gasteiger partial charge in [-0.05, 0) is 31.0 Å². The van der Waals surface area contributed by atoms with Crippen LogP contribution in [0.1, 0.15) is 12.5 Å². The number of allylic oxidation sites excluding steroid dienone is 2. The van der Waals surface area contributed by atoms with Gasteiger partial charge < -0.3 is 15.2 Å². The molecule has 0 unspecified atom stereocenters. The van der Waals surface area contributed by atoms with Gasteiger partial charge in [0, 0.05) is 5.69 Å². The van der Waals surface area contributed by atoms with Gasteiger partial charge in [-0.1, -0.05) is 24.3 Å². The Labute approximate surface area is 94.4 Å². The van der Waals surface area contributed by atoms with Crippen LogP contribution >= 0.6 is 7.75 Å². The summed E-state index contributed by atoms with van der Waals surface area (Å²) in [4.78, 5) is 17.2. The van der Waals surface area contributed by atoms with Gasteiger partial charge in [0.1, 0.15) is 0 Å². The Morgan fingerprint density at radius 2 is 1.94 bits per heavy atom. The molecule has 1 rings (SSSR count).